The van der Waals surface area contributed by atoms with Gasteiger partial charge in [-0.3, -0.25) is 0 Å². The van der Waals surface area contributed by atoms with Gasteiger partial charge in [0, 0.05) is 0 Å². The molecule has 3 rings (SSSR count). The maximum Gasteiger partial charge on any atom is 0.408 e. The topological polar surface area (TPSA) is 114 Å². The van der Waals surface area contributed by atoms with Gasteiger partial charge in [0.15, 0.2) is 0 Å². The molecule has 1 fully saturated rings. The van der Waals surface area contributed by atoms with Gasteiger partial charge in [-0.25, -0.2) is 9.59 Å². The molecule has 2 amide bonds. The number of carbonyl (C=O) groups is 2. The molecule has 1 aliphatic heterocycles. The van der Waals surface area contributed by atoms with E-state index in [9.17, 15) is 9.59 Å². The number of amides is 2. The van der Waals surface area contributed by atoms with Crippen LogP contribution >= 0.6 is 0 Å². The number of hydrogen-bond donors (Lipinski definition) is 2. The summed E-state index contributed by atoms with van der Waals surface area (Å²) in [6.45, 7) is 10.8. The van der Waals surface area contributed by atoms with Gasteiger partial charge in [0.05, 0.1) is 12.1 Å². The normalized spacial score (nSPS) is 18.9. The molecular formula is C29H40N2O8. The van der Waals surface area contributed by atoms with Gasteiger partial charge in [-0.05, 0) is 65.8 Å². The van der Waals surface area contributed by atoms with Crippen molar-refractivity contribution in [1.29, 1.82) is 0 Å². The van der Waals surface area contributed by atoms with Gasteiger partial charge < -0.3 is 39.1 Å². The first-order valence-electron chi connectivity index (χ1n) is 13.0. The molecule has 0 spiro atoms. The molecule has 2 aromatic rings. The minimum Gasteiger partial charge on any atom is -0.491 e. The molecule has 2 aromatic carbocycles. The van der Waals surface area contributed by atoms with E-state index in [1.807, 2.05) is 60.7 Å². The van der Waals surface area contributed by atoms with Crippen LogP contribution in [-0.2, 0) is 18.9 Å². The van der Waals surface area contributed by atoms with E-state index in [0.29, 0.717) is 11.5 Å². The second-order valence-corrected chi connectivity index (χ2v) is 11.1. The summed E-state index contributed by atoms with van der Waals surface area (Å²) in [5.74, 6) is 1.25. The summed E-state index contributed by atoms with van der Waals surface area (Å²) in [5, 5.41) is 5.72. The molecule has 2 N–H and O–H groups in total. The maximum atomic E-state index is 12.8. The molecule has 0 aliphatic carbocycles. The molecule has 10 heteroatoms. The molecule has 4 atom stereocenters. The largest absolute Gasteiger partial charge is 0.491 e. The van der Waals surface area contributed by atoms with Crippen molar-refractivity contribution in [3.05, 3.63) is 60.7 Å². The fourth-order valence-electron chi connectivity index (χ4n) is 3.84. The minimum absolute atomic E-state index is 0.0506. The van der Waals surface area contributed by atoms with Crippen LogP contribution in [0, 0.1) is 0 Å². The molecule has 1 aliphatic rings. The van der Waals surface area contributed by atoms with E-state index in [-0.39, 0.29) is 20.0 Å². The zero-order valence-electron chi connectivity index (χ0n) is 23.5. The third kappa shape index (κ3) is 10.6. The van der Waals surface area contributed by atoms with Crippen molar-refractivity contribution in [2.75, 3.05) is 20.0 Å². The quantitative estimate of drug-likeness (QED) is 0.444. The van der Waals surface area contributed by atoms with Gasteiger partial charge in [-0.1, -0.05) is 36.4 Å². The van der Waals surface area contributed by atoms with E-state index in [0.717, 1.165) is 0 Å². The predicted octanol–water partition coefficient (Wildman–Crippen LogP) is 4.67. The van der Waals surface area contributed by atoms with Crippen molar-refractivity contribution < 1.29 is 38.0 Å². The van der Waals surface area contributed by atoms with E-state index in [4.69, 9.17) is 28.4 Å². The number of alkyl carbamates (subject to hydrolysis) is 2. The number of carbonyl (C=O) groups excluding carboxylic acids is 2. The van der Waals surface area contributed by atoms with Crippen LogP contribution in [0.15, 0.2) is 60.7 Å². The van der Waals surface area contributed by atoms with Gasteiger partial charge in [-0.15, -0.1) is 0 Å². The molecule has 0 aromatic heterocycles. The van der Waals surface area contributed by atoms with Crippen molar-refractivity contribution in [2.45, 2.75) is 77.0 Å². The SMILES string of the molecule is CC(C)(C)OC(=O)N[C@@H](COc1ccccc1)[C@H]1OCO[C@@H]1[C@H](COc1ccccc1)NC(=O)OC(C)(C)C. The Morgan fingerprint density at radius 1 is 0.718 bits per heavy atom. The smallest absolute Gasteiger partial charge is 0.408 e. The molecule has 0 saturated carbocycles. The molecule has 1 heterocycles. The number of rotatable bonds is 10. The standard InChI is InChI=1S/C29H40N2O8/c1-28(2,3)38-26(32)30-22(17-34-20-13-9-7-10-14-20)24-25(37-19-36-24)23(31-27(33)39-29(4,5)6)18-35-21-15-11-8-12-16-21/h7-16,22-25H,17-19H2,1-6H3,(H,30,32)(H,31,33)/t22-,23-,24+,25+/m0/s1. The lowest BCUT2D eigenvalue weighted by Crippen LogP contribution is -2.58. The lowest BCUT2D eigenvalue weighted by Gasteiger charge is -2.33. The molecule has 0 radical (unpaired) electrons. The van der Waals surface area contributed by atoms with E-state index in [2.05, 4.69) is 10.6 Å². The molecule has 214 valence electrons. The number of hydrogen-bond acceptors (Lipinski definition) is 8. The van der Waals surface area contributed by atoms with E-state index >= 15 is 0 Å². The van der Waals surface area contributed by atoms with Crippen LogP contribution < -0.4 is 20.1 Å². The lowest BCUT2D eigenvalue weighted by atomic mass is 10.00. The lowest BCUT2D eigenvalue weighted by molar-refractivity contribution is 0.0170. The molecule has 39 heavy (non-hydrogen) atoms. The molecule has 1 saturated heterocycles. The Hall–Kier alpha value is -3.50. The van der Waals surface area contributed by atoms with Gasteiger partial charge >= 0.3 is 12.2 Å². The highest BCUT2D eigenvalue weighted by Gasteiger charge is 2.43. The highest BCUT2D eigenvalue weighted by atomic mass is 16.7. The fourth-order valence-corrected chi connectivity index (χ4v) is 3.84. The van der Waals surface area contributed by atoms with E-state index in [1.54, 1.807) is 41.5 Å². The van der Waals surface area contributed by atoms with Crippen LogP contribution in [0.5, 0.6) is 11.5 Å². The first-order valence-corrected chi connectivity index (χ1v) is 13.0. The Labute approximate surface area is 230 Å². The van der Waals surface area contributed by atoms with Gasteiger partial charge in [0.1, 0.15) is 54.9 Å². The van der Waals surface area contributed by atoms with Crippen molar-refractivity contribution in [2.24, 2.45) is 0 Å². The molecule has 10 nitrogen and oxygen atoms in total. The van der Waals surface area contributed by atoms with Crippen molar-refractivity contribution >= 4 is 12.2 Å². The van der Waals surface area contributed by atoms with Gasteiger partial charge in [-0.2, -0.15) is 0 Å². The summed E-state index contributed by atoms with van der Waals surface area (Å²) >= 11 is 0. The van der Waals surface area contributed by atoms with Crippen LogP contribution in [0.4, 0.5) is 9.59 Å². The van der Waals surface area contributed by atoms with Crippen molar-refractivity contribution in [1.82, 2.24) is 10.6 Å². The second-order valence-electron chi connectivity index (χ2n) is 11.1. The maximum absolute atomic E-state index is 12.8. The van der Waals surface area contributed by atoms with Gasteiger partial charge in [0.25, 0.3) is 0 Å². The van der Waals surface area contributed by atoms with Gasteiger partial charge in [0.2, 0.25) is 0 Å². The fraction of sp³-hybridized carbons (Fsp3) is 0.517. The molecular weight excluding hydrogens is 504 g/mol. The third-order valence-corrected chi connectivity index (χ3v) is 5.39. The molecule has 0 unspecified atom stereocenters. The Balaban J connectivity index is 1.81. The number of para-hydroxylation sites is 2. The summed E-state index contributed by atoms with van der Waals surface area (Å²) in [6.07, 6.45) is -2.67. The van der Waals surface area contributed by atoms with Crippen LogP contribution in [0.25, 0.3) is 0 Å². The van der Waals surface area contributed by atoms with Crippen LogP contribution in [0.3, 0.4) is 0 Å². The first kappa shape index (κ1) is 30.0. The number of ether oxygens (including phenoxy) is 6. The number of benzene rings is 2. The monoisotopic (exact) mass is 544 g/mol. The highest BCUT2D eigenvalue weighted by molar-refractivity contribution is 5.69. The number of nitrogens with one attached hydrogen (secondary N) is 2. The van der Waals surface area contributed by atoms with Crippen molar-refractivity contribution in [3.8, 4) is 11.5 Å². The zero-order chi connectivity index (χ0) is 28.5. The summed E-state index contributed by atoms with van der Waals surface area (Å²) in [7, 11) is 0. The van der Waals surface area contributed by atoms with Crippen LogP contribution in [-0.4, -0.2) is 67.7 Å². The Bertz CT molecular complexity index is 953. The van der Waals surface area contributed by atoms with Crippen molar-refractivity contribution in [3.63, 3.8) is 0 Å². The van der Waals surface area contributed by atoms with Crippen LogP contribution in [0.2, 0.25) is 0 Å². The summed E-state index contributed by atoms with van der Waals surface area (Å²) in [4.78, 5) is 25.5. The minimum atomic E-state index is -0.708. The average Bonchev–Trinajstić information content (AvgIpc) is 3.33. The second kappa shape index (κ2) is 13.5. The summed E-state index contributed by atoms with van der Waals surface area (Å²) in [5.41, 5.74) is -1.41. The highest BCUT2D eigenvalue weighted by Crippen LogP contribution is 2.23. The van der Waals surface area contributed by atoms with Crippen LogP contribution in [0.1, 0.15) is 41.5 Å². The van der Waals surface area contributed by atoms with E-state index in [1.165, 1.54) is 0 Å². The molecule has 0 bridgehead atoms. The Morgan fingerprint density at radius 2 is 1.08 bits per heavy atom. The summed E-state index contributed by atoms with van der Waals surface area (Å²) < 4.78 is 34.8. The average molecular weight is 545 g/mol. The predicted molar refractivity (Wildman–Crippen MR) is 145 cm³/mol. The Morgan fingerprint density at radius 3 is 1.41 bits per heavy atom. The zero-order valence-corrected chi connectivity index (χ0v) is 23.5. The third-order valence-electron chi connectivity index (χ3n) is 5.39. The first-order chi connectivity index (χ1) is 18.4. The summed E-state index contributed by atoms with van der Waals surface area (Å²) in [6, 6.07) is 17.1. The van der Waals surface area contributed by atoms with E-state index < -0.39 is 47.7 Å². The Kier molecular flexibility index (Phi) is 10.4.